The number of nitrogens with one attached hydrogen (secondary N) is 1. The van der Waals surface area contributed by atoms with Gasteiger partial charge in [-0.1, -0.05) is 50.2 Å². The SMILES string of the molecule is Cc1ccc2c(c1NC(=O)C(C)(C)Cc1ccccc1)OCCC2=O. The van der Waals surface area contributed by atoms with Crippen LogP contribution in [0.25, 0.3) is 0 Å². The Labute approximate surface area is 148 Å². The molecule has 25 heavy (non-hydrogen) atoms. The molecule has 0 saturated carbocycles. The average molecular weight is 337 g/mol. The van der Waals surface area contributed by atoms with Crippen LogP contribution in [0, 0.1) is 12.3 Å². The molecular weight excluding hydrogens is 314 g/mol. The minimum atomic E-state index is -0.588. The second-order valence-corrected chi connectivity index (χ2v) is 7.16. The Morgan fingerprint density at radius 2 is 1.88 bits per heavy atom. The predicted octanol–water partition coefficient (Wildman–Crippen LogP) is 4.17. The van der Waals surface area contributed by atoms with Crippen LogP contribution in [0.1, 0.15) is 41.8 Å². The van der Waals surface area contributed by atoms with Gasteiger partial charge in [0.2, 0.25) is 5.91 Å². The fourth-order valence-corrected chi connectivity index (χ4v) is 3.06. The van der Waals surface area contributed by atoms with Crippen LogP contribution >= 0.6 is 0 Å². The number of rotatable bonds is 4. The summed E-state index contributed by atoms with van der Waals surface area (Å²) in [7, 11) is 0. The Bertz CT molecular complexity index is 809. The largest absolute Gasteiger partial charge is 0.490 e. The van der Waals surface area contributed by atoms with Gasteiger partial charge in [0.25, 0.3) is 0 Å². The van der Waals surface area contributed by atoms with E-state index in [0.717, 1.165) is 11.1 Å². The van der Waals surface area contributed by atoms with E-state index in [9.17, 15) is 9.59 Å². The maximum atomic E-state index is 12.9. The van der Waals surface area contributed by atoms with E-state index in [-0.39, 0.29) is 11.7 Å². The number of amides is 1. The Morgan fingerprint density at radius 1 is 1.16 bits per heavy atom. The molecule has 0 spiro atoms. The van der Waals surface area contributed by atoms with Gasteiger partial charge in [-0.05, 0) is 30.5 Å². The summed E-state index contributed by atoms with van der Waals surface area (Å²) in [4.78, 5) is 25.0. The Balaban J connectivity index is 1.85. The number of Topliss-reactive ketones (excluding diaryl/α,β-unsaturated/α-hetero) is 1. The van der Waals surface area contributed by atoms with Gasteiger partial charge in [-0.2, -0.15) is 0 Å². The van der Waals surface area contributed by atoms with E-state index in [4.69, 9.17) is 4.74 Å². The van der Waals surface area contributed by atoms with Crippen LogP contribution in [-0.4, -0.2) is 18.3 Å². The normalized spacial score (nSPS) is 13.8. The van der Waals surface area contributed by atoms with Crippen LogP contribution in [-0.2, 0) is 11.2 Å². The van der Waals surface area contributed by atoms with E-state index in [1.807, 2.05) is 57.2 Å². The first-order valence-electron chi connectivity index (χ1n) is 8.53. The van der Waals surface area contributed by atoms with E-state index < -0.39 is 5.41 Å². The average Bonchev–Trinajstić information content (AvgIpc) is 2.58. The van der Waals surface area contributed by atoms with Gasteiger partial charge in [-0.25, -0.2) is 0 Å². The third-order valence-corrected chi connectivity index (χ3v) is 4.58. The first-order valence-corrected chi connectivity index (χ1v) is 8.53. The number of hydrogen-bond acceptors (Lipinski definition) is 3. The van der Waals surface area contributed by atoms with Crippen LogP contribution in [0.5, 0.6) is 5.75 Å². The zero-order chi connectivity index (χ0) is 18.0. The third-order valence-electron chi connectivity index (χ3n) is 4.58. The molecule has 4 heteroatoms. The molecule has 1 aliphatic rings. The molecule has 2 aromatic rings. The van der Waals surface area contributed by atoms with E-state index in [1.54, 1.807) is 6.07 Å². The summed E-state index contributed by atoms with van der Waals surface area (Å²) in [5.41, 5.74) is 2.57. The number of ketones is 1. The van der Waals surface area contributed by atoms with E-state index in [0.29, 0.717) is 36.4 Å². The molecule has 0 aliphatic carbocycles. The van der Waals surface area contributed by atoms with Crippen LogP contribution < -0.4 is 10.1 Å². The molecule has 1 amide bonds. The topological polar surface area (TPSA) is 55.4 Å². The zero-order valence-electron chi connectivity index (χ0n) is 14.9. The summed E-state index contributed by atoms with van der Waals surface area (Å²) < 4.78 is 5.70. The number of ether oxygens (including phenoxy) is 1. The molecule has 0 aromatic heterocycles. The fraction of sp³-hybridized carbons (Fsp3) is 0.333. The van der Waals surface area contributed by atoms with Crippen molar-refractivity contribution < 1.29 is 14.3 Å². The molecule has 1 N–H and O–H groups in total. The molecule has 2 aromatic carbocycles. The van der Waals surface area contributed by atoms with Gasteiger partial charge < -0.3 is 10.1 Å². The van der Waals surface area contributed by atoms with Crippen molar-refractivity contribution in [1.29, 1.82) is 0 Å². The van der Waals surface area contributed by atoms with Gasteiger partial charge in [-0.3, -0.25) is 9.59 Å². The highest BCUT2D eigenvalue weighted by Gasteiger charge is 2.30. The van der Waals surface area contributed by atoms with Crippen molar-refractivity contribution in [1.82, 2.24) is 0 Å². The maximum Gasteiger partial charge on any atom is 0.230 e. The Kier molecular flexibility index (Phi) is 4.62. The molecule has 130 valence electrons. The standard InChI is InChI=1S/C21H23NO3/c1-14-9-10-16-17(23)11-12-25-19(16)18(14)22-20(24)21(2,3)13-15-7-5-4-6-8-15/h4-10H,11-13H2,1-3H3,(H,22,24). The molecule has 0 atom stereocenters. The molecule has 0 fully saturated rings. The van der Waals surface area contributed by atoms with Crippen molar-refractivity contribution in [3.8, 4) is 5.75 Å². The van der Waals surface area contributed by atoms with Gasteiger partial charge in [0.15, 0.2) is 11.5 Å². The molecule has 1 aliphatic heterocycles. The van der Waals surface area contributed by atoms with Crippen molar-refractivity contribution in [2.75, 3.05) is 11.9 Å². The first-order chi connectivity index (χ1) is 11.9. The summed E-state index contributed by atoms with van der Waals surface area (Å²) in [5.74, 6) is 0.467. The molecule has 0 unspecified atom stereocenters. The minimum Gasteiger partial charge on any atom is -0.490 e. The summed E-state index contributed by atoms with van der Waals surface area (Å²) >= 11 is 0. The smallest absolute Gasteiger partial charge is 0.230 e. The van der Waals surface area contributed by atoms with Crippen molar-refractivity contribution >= 4 is 17.4 Å². The van der Waals surface area contributed by atoms with Crippen LogP contribution in [0.4, 0.5) is 5.69 Å². The van der Waals surface area contributed by atoms with E-state index in [1.165, 1.54) is 0 Å². The highest BCUT2D eigenvalue weighted by atomic mass is 16.5. The summed E-state index contributed by atoms with van der Waals surface area (Å²) in [5, 5.41) is 3.00. The Morgan fingerprint density at radius 3 is 2.60 bits per heavy atom. The number of aryl methyl sites for hydroxylation is 1. The number of hydrogen-bond donors (Lipinski definition) is 1. The van der Waals surface area contributed by atoms with Gasteiger partial charge in [0.1, 0.15) is 0 Å². The number of fused-ring (bicyclic) bond motifs is 1. The Hall–Kier alpha value is -2.62. The van der Waals surface area contributed by atoms with E-state index >= 15 is 0 Å². The second kappa shape index (κ2) is 6.71. The molecule has 1 heterocycles. The van der Waals surface area contributed by atoms with Gasteiger partial charge in [0, 0.05) is 11.8 Å². The van der Waals surface area contributed by atoms with Crippen LogP contribution in [0.2, 0.25) is 0 Å². The number of carbonyl (C=O) groups excluding carboxylic acids is 2. The molecule has 4 nitrogen and oxygen atoms in total. The van der Waals surface area contributed by atoms with Crippen LogP contribution in [0.3, 0.4) is 0 Å². The summed E-state index contributed by atoms with van der Waals surface area (Å²) in [6.45, 7) is 6.10. The maximum absolute atomic E-state index is 12.9. The van der Waals surface area contributed by atoms with Crippen molar-refractivity contribution in [3.63, 3.8) is 0 Å². The zero-order valence-corrected chi connectivity index (χ0v) is 14.9. The molecular formula is C21H23NO3. The fourth-order valence-electron chi connectivity index (χ4n) is 3.06. The second-order valence-electron chi connectivity index (χ2n) is 7.16. The molecule has 0 bridgehead atoms. The monoisotopic (exact) mass is 337 g/mol. The van der Waals surface area contributed by atoms with Crippen molar-refractivity contribution in [3.05, 3.63) is 59.2 Å². The lowest BCUT2D eigenvalue weighted by atomic mass is 9.84. The highest BCUT2D eigenvalue weighted by Crippen LogP contribution is 2.37. The molecule has 0 radical (unpaired) electrons. The summed E-state index contributed by atoms with van der Waals surface area (Å²) in [6, 6.07) is 13.6. The van der Waals surface area contributed by atoms with Crippen LogP contribution in [0.15, 0.2) is 42.5 Å². The van der Waals surface area contributed by atoms with Gasteiger partial charge in [0.05, 0.1) is 17.9 Å². The minimum absolute atomic E-state index is 0.0558. The lowest BCUT2D eigenvalue weighted by molar-refractivity contribution is -0.123. The van der Waals surface area contributed by atoms with Gasteiger partial charge in [-0.15, -0.1) is 0 Å². The van der Waals surface area contributed by atoms with E-state index in [2.05, 4.69) is 5.32 Å². The quantitative estimate of drug-likeness (QED) is 0.911. The number of carbonyl (C=O) groups is 2. The molecule has 0 saturated heterocycles. The lowest BCUT2D eigenvalue weighted by Gasteiger charge is -2.26. The van der Waals surface area contributed by atoms with Gasteiger partial charge >= 0.3 is 0 Å². The summed E-state index contributed by atoms with van der Waals surface area (Å²) in [6.07, 6.45) is 1.01. The predicted molar refractivity (Wildman–Crippen MR) is 98.2 cm³/mol. The third kappa shape index (κ3) is 3.58. The lowest BCUT2D eigenvalue weighted by Crippen LogP contribution is -2.33. The number of benzene rings is 2. The van der Waals surface area contributed by atoms with Crippen molar-refractivity contribution in [2.45, 2.75) is 33.6 Å². The number of anilines is 1. The highest BCUT2D eigenvalue weighted by molar-refractivity contribution is 6.04. The van der Waals surface area contributed by atoms with Crippen molar-refractivity contribution in [2.24, 2.45) is 5.41 Å². The molecule has 3 rings (SSSR count). The first kappa shape index (κ1) is 17.2.